The van der Waals surface area contributed by atoms with Gasteiger partial charge in [-0.1, -0.05) is 11.3 Å². The van der Waals surface area contributed by atoms with Crippen LogP contribution in [0.2, 0.25) is 0 Å². The Hall–Kier alpha value is -1.50. The lowest BCUT2D eigenvalue weighted by Gasteiger charge is -2.15. The van der Waals surface area contributed by atoms with Crippen molar-refractivity contribution >= 4 is 23.2 Å². The summed E-state index contributed by atoms with van der Waals surface area (Å²) in [6.07, 6.45) is 0. The Kier molecular flexibility index (Phi) is 3.73. The first-order valence-corrected chi connectivity index (χ1v) is 5.27. The van der Waals surface area contributed by atoms with Gasteiger partial charge >= 0.3 is 5.97 Å². The van der Waals surface area contributed by atoms with Gasteiger partial charge < -0.3 is 10.0 Å². The minimum atomic E-state index is -1.16. The molecule has 0 unspecified atom stereocenters. The van der Waals surface area contributed by atoms with Crippen LogP contribution in [0.3, 0.4) is 0 Å². The largest absolute Gasteiger partial charge is 0.476 e. The van der Waals surface area contributed by atoms with E-state index in [-0.39, 0.29) is 15.9 Å². The standard InChI is InChI=1S/C8H11N3O3S/c1-3-11(4-2)7(12)5-9-10-6(15-5)8(13)14/h3-4H2,1-2H3,(H,13,14). The van der Waals surface area contributed by atoms with Gasteiger partial charge in [0.2, 0.25) is 10.0 Å². The van der Waals surface area contributed by atoms with E-state index in [1.807, 2.05) is 13.8 Å². The Morgan fingerprint density at radius 1 is 1.27 bits per heavy atom. The molecule has 1 aromatic rings. The van der Waals surface area contributed by atoms with Crippen LogP contribution < -0.4 is 0 Å². The molecular weight excluding hydrogens is 218 g/mol. The Balaban J connectivity index is 2.86. The highest BCUT2D eigenvalue weighted by Crippen LogP contribution is 2.11. The zero-order valence-electron chi connectivity index (χ0n) is 8.43. The average molecular weight is 229 g/mol. The minimum Gasteiger partial charge on any atom is -0.476 e. The summed E-state index contributed by atoms with van der Waals surface area (Å²) in [5, 5.41) is 15.5. The molecule has 0 aliphatic heterocycles. The summed E-state index contributed by atoms with van der Waals surface area (Å²) in [4.78, 5) is 23.8. The molecule has 0 bridgehead atoms. The molecule has 1 heterocycles. The van der Waals surface area contributed by atoms with Crippen molar-refractivity contribution in [1.82, 2.24) is 15.1 Å². The second-order valence-corrected chi connectivity index (χ2v) is 3.67. The Morgan fingerprint density at radius 3 is 2.20 bits per heavy atom. The third-order valence-corrected chi connectivity index (χ3v) is 2.74. The Labute approximate surface area is 90.5 Å². The highest BCUT2D eigenvalue weighted by Gasteiger charge is 2.19. The predicted octanol–water partition coefficient (Wildman–Crippen LogP) is 0.718. The molecule has 0 aromatic carbocycles. The number of amides is 1. The van der Waals surface area contributed by atoms with E-state index < -0.39 is 5.97 Å². The summed E-state index contributed by atoms with van der Waals surface area (Å²) in [6, 6.07) is 0. The number of nitrogens with zero attached hydrogens (tertiary/aromatic N) is 3. The third kappa shape index (κ3) is 2.50. The molecule has 0 aliphatic carbocycles. The molecule has 0 saturated heterocycles. The van der Waals surface area contributed by atoms with Crippen molar-refractivity contribution in [3.05, 3.63) is 10.0 Å². The van der Waals surface area contributed by atoms with Crippen molar-refractivity contribution < 1.29 is 14.7 Å². The summed E-state index contributed by atoms with van der Waals surface area (Å²) in [5.41, 5.74) is 0. The summed E-state index contributed by atoms with van der Waals surface area (Å²) in [5.74, 6) is -1.43. The monoisotopic (exact) mass is 229 g/mol. The zero-order valence-corrected chi connectivity index (χ0v) is 9.24. The molecule has 15 heavy (non-hydrogen) atoms. The van der Waals surface area contributed by atoms with Crippen molar-refractivity contribution in [2.45, 2.75) is 13.8 Å². The van der Waals surface area contributed by atoms with E-state index in [0.29, 0.717) is 13.1 Å². The van der Waals surface area contributed by atoms with E-state index in [9.17, 15) is 9.59 Å². The summed E-state index contributed by atoms with van der Waals surface area (Å²) in [6.45, 7) is 4.83. The van der Waals surface area contributed by atoms with Gasteiger partial charge in [0, 0.05) is 13.1 Å². The van der Waals surface area contributed by atoms with Crippen LogP contribution in [0.4, 0.5) is 0 Å². The fourth-order valence-electron chi connectivity index (χ4n) is 1.04. The quantitative estimate of drug-likeness (QED) is 0.822. The molecule has 82 valence electrons. The number of aromatic carboxylic acids is 1. The predicted molar refractivity (Wildman–Crippen MR) is 54.1 cm³/mol. The van der Waals surface area contributed by atoms with Gasteiger partial charge in [0.1, 0.15) is 0 Å². The van der Waals surface area contributed by atoms with Crippen molar-refractivity contribution in [3.63, 3.8) is 0 Å². The Bertz CT molecular complexity index is 373. The minimum absolute atomic E-state index is 0.121. The van der Waals surface area contributed by atoms with E-state index in [4.69, 9.17) is 5.11 Å². The van der Waals surface area contributed by atoms with Crippen molar-refractivity contribution in [3.8, 4) is 0 Å². The van der Waals surface area contributed by atoms with Crippen LogP contribution in [0, 0.1) is 0 Å². The van der Waals surface area contributed by atoms with E-state index in [1.165, 1.54) is 0 Å². The van der Waals surface area contributed by atoms with Gasteiger partial charge in [-0.25, -0.2) is 4.79 Å². The zero-order chi connectivity index (χ0) is 11.4. The highest BCUT2D eigenvalue weighted by atomic mass is 32.1. The molecule has 0 atom stereocenters. The number of carboxylic acid groups (broad SMARTS) is 1. The lowest BCUT2D eigenvalue weighted by Crippen LogP contribution is -2.30. The molecule has 0 fully saturated rings. The van der Waals surface area contributed by atoms with Gasteiger partial charge in [0.25, 0.3) is 5.91 Å². The van der Waals surface area contributed by atoms with E-state index in [1.54, 1.807) is 4.90 Å². The van der Waals surface area contributed by atoms with Crippen LogP contribution in [0.15, 0.2) is 0 Å². The van der Waals surface area contributed by atoms with Gasteiger partial charge in [-0.15, -0.1) is 10.2 Å². The highest BCUT2D eigenvalue weighted by molar-refractivity contribution is 7.15. The first-order chi connectivity index (χ1) is 7.10. The fraction of sp³-hybridized carbons (Fsp3) is 0.500. The maximum atomic E-state index is 11.7. The van der Waals surface area contributed by atoms with Crippen LogP contribution in [0.5, 0.6) is 0 Å². The van der Waals surface area contributed by atoms with Gasteiger partial charge in [-0.05, 0) is 13.8 Å². The number of rotatable bonds is 4. The van der Waals surface area contributed by atoms with Gasteiger partial charge in [0.15, 0.2) is 0 Å². The van der Waals surface area contributed by atoms with Crippen LogP contribution in [0.25, 0.3) is 0 Å². The number of carbonyl (C=O) groups excluding carboxylic acids is 1. The second-order valence-electron chi connectivity index (χ2n) is 2.69. The van der Waals surface area contributed by atoms with Crippen LogP contribution in [-0.4, -0.2) is 45.2 Å². The van der Waals surface area contributed by atoms with E-state index >= 15 is 0 Å². The lowest BCUT2D eigenvalue weighted by atomic mass is 10.5. The first-order valence-electron chi connectivity index (χ1n) is 4.46. The number of hydrogen-bond donors (Lipinski definition) is 1. The maximum Gasteiger partial charge on any atom is 0.367 e. The summed E-state index contributed by atoms with van der Waals surface area (Å²) in [7, 11) is 0. The number of carboxylic acids is 1. The molecule has 1 rings (SSSR count). The van der Waals surface area contributed by atoms with Crippen LogP contribution in [0.1, 0.15) is 33.5 Å². The van der Waals surface area contributed by atoms with Crippen molar-refractivity contribution in [2.24, 2.45) is 0 Å². The molecule has 1 amide bonds. The summed E-state index contributed by atoms with van der Waals surface area (Å²) >= 11 is 0.795. The summed E-state index contributed by atoms with van der Waals surface area (Å²) < 4.78 is 0. The van der Waals surface area contributed by atoms with Gasteiger partial charge in [-0.3, -0.25) is 4.79 Å². The lowest BCUT2D eigenvalue weighted by molar-refractivity contribution is 0.0694. The molecule has 1 N–H and O–H groups in total. The Morgan fingerprint density at radius 2 is 1.80 bits per heavy atom. The van der Waals surface area contributed by atoms with Crippen LogP contribution in [-0.2, 0) is 0 Å². The van der Waals surface area contributed by atoms with Gasteiger partial charge in [-0.2, -0.15) is 0 Å². The molecule has 7 heteroatoms. The molecule has 1 aromatic heterocycles. The molecular formula is C8H11N3O3S. The topological polar surface area (TPSA) is 83.4 Å². The van der Waals surface area contributed by atoms with Gasteiger partial charge in [0.05, 0.1) is 0 Å². The normalized spacial score (nSPS) is 10.0. The fourth-order valence-corrected chi connectivity index (χ4v) is 1.69. The van der Waals surface area contributed by atoms with Crippen molar-refractivity contribution in [2.75, 3.05) is 13.1 Å². The van der Waals surface area contributed by atoms with E-state index in [2.05, 4.69) is 10.2 Å². The molecule has 0 spiro atoms. The first kappa shape index (κ1) is 11.6. The number of carbonyl (C=O) groups is 2. The second kappa shape index (κ2) is 4.83. The smallest absolute Gasteiger partial charge is 0.367 e. The number of aromatic nitrogens is 2. The number of hydrogen-bond acceptors (Lipinski definition) is 5. The SMILES string of the molecule is CCN(CC)C(=O)c1nnc(C(=O)O)s1. The van der Waals surface area contributed by atoms with Crippen molar-refractivity contribution in [1.29, 1.82) is 0 Å². The molecule has 0 radical (unpaired) electrons. The third-order valence-electron chi connectivity index (χ3n) is 1.84. The molecule has 0 aliphatic rings. The van der Waals surface area contributed by atoms with E-state index in [0.717, 1.165) is 11.3 Å². The average Bonchev–Trinajstić information content (AvgIpc) is 2.68. The van der Waals surface area contributed by atoms with Crippen LogP contribution >= 0.6 is 11.3 Å². The molecule has 6 nitrogen and oxygen atoms in total. The maximum absolute atomic E-state index is 11.7. The molecule has 0 saturated carbocycles.